The number of benzene rings is 2. The van der Waals surface area contributed by atoms with Gasteiger partial charge in [0.05, 0.1) is 11.0 Å². The van der Waals surface area contributed by atoms with Crippen LogP contribution in [0.3, 0.4) is 0 Å². The number of carbonyl (C=O) groups is 2. The van der Waals surface area contributed by atoms with Crippen LogP contribution in [0.25, 0.3) is 11.0 Å². The maximum absolute atomic E-state index is 12.7. The van der Waals surface area contributed by atoms with E-state index in [1.54, 1.807) is 18.2 Å². The van der Waals surface area contributed by atoms with Crippen LogP contribution in [-0.4, -0.2) is 38.9 Å². The van der Waals surface area contributed by atoms with E-state index < -0.39 is 0 Å². The van der Waals surface area contributed by atoms with Gasteiger partial charge in [-0.15, -0.1) is 0 Å². The first kappa shape index (κ1) is 18.5. The van der Waals surface area contributed by atoms with Crippen LogP contribution in [0.15, 0.2) is 42.5 Å². The lowest BCUT2D eigenvalue weighted by molar-refractivity contribution is 0.0643. The van der Waals surface area contributed by atoms with Gasteiger partial charge in [0.2, 0.25) is 0 Å². The average Bonchev–Trinajstić information content (AvgIpc) is 3.05. The van der Waals surface area contributed by atoms with Crippen molar-refractivity contribution in [1.29, 1.82) is 0 Å². The minimum absolute atomic E-state index is 0.0654. The lowest BCUT2D eigenvalue weighted by Gasteiger charge is -2.30. The number of carbonyl (C=O) groups excluding carboxylic acids is 2. The van der Waals surface area contributed by atoms with Crippen molar-refractivity contribution in [3.63, 3.8) is 0 Å². The number of rotatable bonds is 4. The van der Waals surface area contributed by atoms with E-state index in [1.165, 1.54) is 0 Å². The van der Waals surface area contributed by atoms with Crippen molar-refractivity contribution < 1.29 is 9.59 Å². The molecule has 2 heterocycles. The average molecular weight is 397 g/mol. The fraction of sp³-hybridized carbons (Fsp3) is 0.286. The molecule has 0 radical (unpaired) electrons. The molecule has 0 unspecified atom stereocenters. The molecule has 1 aliphatic rings. The Morgan fingerprint density at radius 2 is 2.04 bits per heavy atom. The first-order valence-corrected chi connectivity index (χ1v) is 9.66. The first-order valence-electron chi connectivity index (χ1n) is 9.28. The topological polar surface area (TPSA) is 67.2 Å². The Hall–Kier alpha value is -2.86. The summed E-state index contributed by atoms with van der Waals surface area (Å²) in [7, 11) is 0. The van der Waals surface area contributed by atoms with Gasteiger partial charge in [-0.1, -0.05) is 23.7 Å². The number of aromatic nitrogens is 2. The number of imidazole rings is 1. The molecule has 7 heteroatoms. The zero-order valence-electron chi connectivity index (χ0n) is 15.8. The van der Waals surface area contributed by atoms with E-state index in [1.807, 2.05) is 47.6 Å². The van der Waals surface area contributed by atoms with Crippen LogP contribution < -0.4 is 5.32 Å². The molecular formula is C21H21ClN4O2. The van der Waals surface area contributed by atoms with Gasteiger partial charge in [0, 0.05) is 36.3 Å². The van der Waals surface area contributed by atoms with Gasteiger partial charge in [-0.2, -0.15) is 0 Å². The Bertz CT molecular complexity index is 1070. The molecule has 4 rings (SSSR count). The summed E-state index contributed by atoms with van der Waals surface area (Å²) in [4.78, 5) is 31.6. The van der Waals surface area contributed by atoms with Crippen LogP contribution in [0.4, 0.5) is 0 Å². The van der Waals surface area contributed by atoms with Gasteiger partial charge in [0.1, 0.15) is 0 Å². The fourth-order valence-corrected chi connectivity index (χ4v) is 3.74. The van der Waals surface area contributed by atoms with E-state index in [0.29, 0.717) is 41.6 Å². The molecular weight excluding hydrogens is 376 g/mol. The summed E-state index contributed by atoms with van der Waals surface area (Å²) in [5.74, 6) is 0.179. The maximum Gasteiger partial charge on any atom is 0.290 e. The van der Waals surface area contributed by atoms with Crippen LogP contribution in [0, 0.1) is 0 Å². The molecule has 2 amide bonds. The van der Waals surface area contributed by atoms with Gasteiger partial charge in [0.15, 0.2) is 5.82 Å². The van der Waals surface area contributed by atoms with Gasteiger partial charge in [-0.05, 0) is 49.7 Å². The van der Waals surface area contributed by atoms with Gasteiger partial charge < -0.3 is 14.8 Å². The van der Waals surface area contributed by atoms with Crippen LogP contribution in [0.2, 0.25) is 5.02 Å². The highest BCUT2D eigenvalue weighted by Crippen LogP contribution is 2.23. The quantitative estimate of drug-likeness (QED) is 0.734. The molecule has 0 saturated heterocycles. The van der Waals surface area contributed by atoms with Gasteiger partial charge in [0.25, 0.3) is 11.8 Å². The second-order valence-electron chi connectivity index (χ2n) is 7.20. The zero-order valence-corrected chi connectivity index (χ0v) is 16.5. The van der Waals surface area contributed by atoms with Crippen molar-refractivity contribution in [2.45, 2.75) is 33.0 Å². The van der Waals surface area contributed by atoms with Gasteiger partial charge >= 0.3 is 0 Å². The Balaban J connectivity index is 1.57. The van der Waals surface area contributed by atoms with Crippen LogP contribution >= 0.6 is 11.6 Å². The number of hydrogen-bond acceptors (Lipinski definition) is 3. The molecule has 0 aliphatic carbocycles. The molecule has 0 spiro atoms. The third kappa shape index (κ3) is 3.36. The summed E-state index contributed by atoms with van der Waals surface area (Å²) in [6.07, 6.45) is 0. The molecule has 144 valence electrons. The second kappa shape index (κ2) is 7.28. The van der Waals surface area contributed by atoms with Crippen molar-refractivity contribution >= 4 is 34.4 Å². The van der Waals surface area contributed by atoms with Crippen molar-refractivity contribution in [3.05, 3.63) is 64.4 Å². The molecule has 28 heavy (non-hydrogen) atoms. The highest BCUT2D eigenvalue weighted by Gasteiger charge is 2.29. The zero-order chi connectivity index (χ0) is 19.8. The van der Waals surface area contributed by atoms with E-state index in [0.717, 1.165) is 11.1 Å². The molecule has 3 aromatic rings. The summed E-state index contributed by atoms with van der Waals surface area (Å²) in [6, 6.07) is 12.9. The van der Waals surface area contributed by atoms with Crippen molar-refractivity contribution in [2.24, 2.45) is 0 Å². The third-order valence-corrected chi connectivity index (χ3v) is 5.23. The highest BCUT2D eigenvalue weighted by atomic mass is 35.5. The summed E-state index contributed by atoms with van der Waals surface area (Å²) in [6.45, 7) is 5.75. The Morgan fingerprint density at radius 1 is 1.21 bits per heavy atom. The standard InChI is InChI=1S/C21H21ClN4O2/c1-13(2)25-8-9-26-18-7-6-15(11-17(18)24-19(26)21(25)28)20(27)23-12-14-4-3-5-16(22)10-14/h3-7,10-11,13H,8-9,12H2,1-2H3,(H,23,27). The number of nitrogens with zero attached hydrogens (tertiary/aromatic N) is 3. The minimum Gasteiger partial charge on any atom is -0.348 e. The normalized spacial score (nSPS) is 13.9. The van der Waals surface area contributed by atoms with E-state index in [-0.39, 0.29) is 17.9 Å². The Kier molecular flexibility index (Phi) is 4.81. The number of amides is 2. The molecule has 1 aliphatic heterocycles. The van der Waals surface area contributed by atoms with Crippen LogP contribution in [-0.2, 0) is 13.1 Å². The Labute approximate surface area is 168 Å². The number of hydrogen-bond donors (Lipinski definition) is 1. The predicted octanol–water partition coefficient (Wildman–Crippen LogP) is 3.48. The Morgan fingerprint density at radius 3 is 2.79 bits per heavy atom. The first-order chi connectivity index (χ1) is 13.4. The summed E-state index contributed by atoms with van der Waals surface area (Å²) in [5.41, 5.74) is 2.97. The molecule has 1 N–H and O–H groups in total. The molecule has 0 saturated carbocycles. The second-order valence-corrected chi connectivity index (χ2v) is 7.63. The van der Waals surface area contributed by atoms with Gasteiger partial charge in [-0.3, -0.25) is 9.59 Å². The monoisotopic (exact) mass is 396 g/mol. The smallest absolute Gasteiger partial charge is 0.290 e. The van der Waals surface area contributed by atoms with E-state index in [2.05, 4.69) is 10.3 Å². The van der Waals surface area contributed by atoms with Crippen molar-refractivity contribution in [1.82, 2.24) is 19.8 Å². The van der Waals surface area contributed by atoms with Crippen molar-refractivity contribution in [3.8, 4) is 0 Å². The third-order valence-electron chi connectivity index (χ3n) is 4.99. The molecule has 0 bridgehead atoms. The molecule has 0 fully saturated rings. The molecule has 1 aromatic heterocycles. The fourth-order valence-electron chi connectivity index (χ4n) is 3.52. The van der Waals surface area contributed by atoms with E-state index in [9.17, 15) is 9.59 Å². The van der Waals surface area contributed by atoms with E-state index >= 15 is 0 Å². The summed E-state index contributed by atoms with van der Waals surface area (Å²) < 4.78 is 1.93. The minimum atomic E-state index is -0.192. The lowest BCUT2D eigenvalue weighted by atomic mass is 10.1. The van der Waals surface area contributed by atoms with Crippen LogP contribution in [0.5, 0.6) is 0 Å². The van der Waals surface area contributed by atoms with Crippen molar-refractivity contribution in [2.75, 3.05) is 6.54 Å². The summed E-state index contributed by atoms with van der Waals surface area (Å²) >= 11 is 5.98. The van der Waals surface area contributed by atoms with Crippen LogP contribution in [0.1, 0.15) is 40.4 Å². The molecule has 6 nitrogen and oxygen atoms in total. The van der Waals surface area contributed by atoms with Gasteiger partial charge in [-0.25, -0.2) is 4.98 Å². The predicted molar refractivity (Wildman–Crippen MR) is 109 cm³/mol. The molecule has 0 atom stereocenters. The number of halogens is 1. The molecule has 2 aromatic carbocycles. The number of fused-ring (bicyclic) bond motifs is 3. The highest BCUT2D eigenvalue weighted by molar-refractivity contribution is 6.30. The maximum atomic E-state index is 12.7. The number of nitrogens with one attached hydrogen (secondary N) is 1. The largest absolute Gasteiger partial charge is 0.348 e. The SMILES string of the molecule is CC(C)N1CCn2c(nc3cc(C(=O)NCc4cccc(Cl)c4)ccc32)C1=O. The summed E-state index contributed by atoms with van der Waals surface area (Å²) in [5, 5.41) is 3.53. The lowest BCUT2D eigenvalue weighted by Crippen LogP contribution is -2.44. The van der Waals surface area contributed by atoms with E-state index in [4.69, 9.17) is 11.6 Å².